The van der Waals surface area contributed by atoms with Crippen LogP contribution in [0.15, 0.2) is 6.20 Å². The zero-order valence-corrected chi connectivity index (χ0v) is 13.4. The first kappa shape index (κ1) is 15.8. The number of aryl methyl sites for hydroxylation is 1. The van der Waals surface area contributed by atoms with Gasteiger partial charge in [-0.2, -0.15) is 0 Å². The summed E-state index contributed by atoms with van der Waals surface area (Å²) in [5, 5.41) is 6.77. The van der Waals surface area contributed by atoms with Gasteiger partial charge in [0.15, 0.2) is 0 Å². The van der Waals surface area contributed by atoms with Crippen LogP contribution in [0.4, 0.5) is 4.79 Å². The lowest BCUT2D eigenvalue weighted by molar-refractivity contribution is 0.143. The molecule has 2 N–H and O–H groups in total. The Hall–Kier alpha value is -1.58. The number of hydrogen-bond donors (Lipinski definition) is 2. The minimum absolute atomic E-state index is 0.170. The Morgan fingerprint density at radius 1 is 1.67 bits per heavy atom. The van der Waals surface area contributed by atoms with Crippen molar-refractivity contribution in [2.45, 2.75) is 32.9 Å². The van der Waals surface area contributed by atoms with Crippen LogP contribution in [0.25, 0.3) is 0 Å². The summed E-state index contributed by atoms with van der Waals surface area (Å²) in [6, 6.07) is 0.0403. The van der Waals surface area contributed by atoms with Crippen molar-refractivity contribution in [3.8, 4) is 12.3 Å². The van der Waals surface area contributed by atoms with Crippen LogP contribution >= 0.6 is 11.3 Å². The first-order chi connectivity index (χ1) is 10.1. The Morgan fingerprint density at radius 3 is 3.10 bits per heavy atom. The monoisotopic (exact) mass is 306 g/mol. The highest BCUT2D eigenvalue weighted by molar-refractivity contribution is 7.11. The van der Waals surface area contributed by atoms with E-state index in [9.17, 15) is 4.79 Å². The predicted octanol–water partition coefficient (Wildman–Crippen LogP) is 1.59. The van der Waals surface area contributed by atoms with Crippen molar-refractivity contribution in [2.24, 2.45) is 5.92 Å². The van der Waals surface area contributed by atoms with Crippen LogP contribution in [0.3, 0.4) is 0 Å². The molecule has 2 heterocycles. The Kier molecular flexibility index (Phi) is 5.59. The van der Waals surface area contributed by atoms with E-state index < -0.39 is 0 Å². The standard InChI is InChI=1S/C15H22N4OS/c1-4-6-16-15(20)18-14-5-7-19(9-11(14)2)10-13-8-17-12(3)21-13/h1,8,11,14H,5-7,9-10H2,2-3H3,(H2,16,18,20)/t11-,14-/m0/s1. The number of terminal acetylenes is 1. The fourth-order valence-electron chi connectivity index (χ4n) is 2.64. The summed E-state index contributed by atoms with van der Waals surface area (Å²) >= 11 is 1.75. The Morgan fingerprint density at radius 2 is 2.48 bits per heavy atom. The molecule has 1 fully saturated rings. The van der Waals surface area contributed by atoms with E-state index in [-0.39, 0.29) is 18.6 Å². The summed E-state index contributed by atoms with van der Waals surface area (Å²) in [5.74, 6) is 2.82. The lowest BCUT2D eigenvalue weighted by Gasteiger charge is -2.37. The Balaban J connectivity index is 1.79. The van der Waals surface area contributed by atoms with Gasteiger partial charge in [0.25, 0.3) is 0 Å². The molecule has 1 aromatic rings. The van der Waals surface area contributed by atoms with Crippen LogP contribution in [0, 0.1) is 25.2 Å². The van der Waals surface area contributed by atoms with Crippen molar-refractivity contribution in [3.63, 3.8) is 0 Å². The maximum atomic E-state index is 11.7. The fraction of sp³-hybridized carbons (Fsp3) is 0.600. The topological polar surface area (TPSA) is 57.3 Å². The number of piperidine rings is 1. The number of hydrogen-bond acceptors (Lipinski definition) is 4. The van der Waals surface area contributed by atoms with Gasteiger partial charge in [0.05, 0.1) is 11.6 Å². The van der Waals surface area contributed by atoms with Gasteiger partial charge >= 0.3 is 6.03 Å². The Bertz CT molecular complexity index is 522. The largest absolute Gasteiger partial charge is 0.335 e. The second-order valence-electron chi connectivity index (χ2n) is 5.48. The quantitative estimate of drug-likeness (QED) is 0.831. The molecule has 0 radical (unpaired) electrons. The van der Waals surface area contributed by atoms with Crippen molar-refractivity contribution in [3.05, 3.63) is 16.1 Å². The number of thiazole rings is 1. The number of rotatable bonds is 4. The molecule has 0 unspecified atom stereocenters. The highest BCUT2D eigenvalue weighted by Crippen LogP contribution is 2.21. The second-order valence-corrected chi connectivity index (χ2v) is 6.80. The zero-order chi connectivity index (χ0) is 15.2. The molecule has 6 heteroatoms. The zero-order valence-electron chi connectivity index (χ0n) is 12.6. The van der Waals surface area contributed by atoms with Crippen molar-refractivity contribution in [1.29, 1.82) is 0 Å². The summed E-state index contributed by atoms with van der Waals surface area (Å²) in [6.07, 6.45) is 8.05. The average molecular weight is 306 g/mol. The SMILES string of the molecule is C#CCNC(=O)N[C@H]1CCN(Cc2cnc(C)s2)C[C@@H]1C. The summed E-state index contributed by atoms with van der Waals surface area (Å²) in [5.41, 5.74) is 0. The molecule has 2 rings (SSSR count). The maximum absolute atomic E-state index is 11.7. The minimum atomic E-state index is -0.170. The van der Waals surface area contributed by atoms with E-state index in [1.165, 1.54) is 4.88 Å². The van der Waals surface area contributed by atoms with E-state index in [1.807, 2.05) is 13.1 Å². The van der Waals surface area contributed by atoms with Crippen LogP contribution in [-0.2, 0) is 6.54 Å². The summed E-state index contributed by atoms with van der Waals surface area (Å²) in [4.78, 5) is 19.7. The van der Waals surface area contributed by atoms with Crippen LogP contribution < -0.4 is 10.6 Å². The van der Waals surface area contributed by atoms with Gasteiger partial charge < -0.3 is 10.6 Å². The van der Waals surface area contributed by atoms with Gasteiger partial charge in [0.2, 0.25) is 0 Å². The van der Waals surface area contributed by atoms with Gasteiger partial charge in [-0.15, -0.1) is 17.8 Å². The summed E-state index contributed by atoms with van der Waals surface area (Å²) < 4.78 is 0. The first-order valence-corrected chi connectivity index (χ1v) is 8.01. The van der Waals surface area contributed by atoms with Crippen molar-refractivity contribution in [1.82, 2.24) is 20.5 Å². The molecule has 0 saturated carbocycles. The third-order valence-electron chi connectivity index (χ3n) is 3.71. The first-order valence-electron chi connectivity index (χ1n) is 7.20. The van der Waals surface area contributed by atoms with Crippen LogP contribution in [0.2, 0.25) is 0 Å². The number of amides is 2. The van der Waals surface area contributed by atoms with Crippen LogP contribution in [0.1, 0.15) is 23.2 Å². The third-order valence-corrected chi connectivity index (χ3v) is 4.60. The number of carbonyl (C=O) groups excluding carboxylic acids is 1. The Labute approximate surface area is 130 Å². The van der Waals surface area contributed by atoms with Gasteiger partial charge in [0.1, 0.15) is 0 Å². The number of likely N-dealkylation sites (tertiary alicyclic amines) is 1. The summed E-state index contributed by atoms with van der Waals surface area (Å²) in [7, 11) is 0. The van der Waals surface area contributed by atoms with Gasteiger partial charge in [0, 0.05) is 36.8 Å². The molecule has 5 nitrogen and oxygen atoms in total. The van der Waals surface area contributed by atoms with E-state index in [2.05, 4.69) is 33.4 Å². The molecule has 1 aromatic heterocycles. The molecule has 0 aromatic carbocycles. The minimum Gasteiger partial charge on any atom is -0.335 e. The molecule has 1 aliphatic heterocycles. The number of aromatic nitrogens is 1. The molecule has 21 heavy (non-hydrogen) atoms. The lowest BCUT2D eigenvalue weighted by atomic mass is 9.94. The molecular weight excluding hydrogens is 284 g/mol. The van der Waals surface area contributed by atoms with Crippen molar-refractivity contribution < 1.29 is 4.79 Å². The molecule has 2 amide bonds. The van der Waals surface area contributed by atoms with E-state index in [1.54, 1.807) is 11.3 Å². The van der Waals surface area contributed by atoms with E-state index in [0.29, 0.717) is 5.92 Å². The van der Waals surface area contributed by atoms with Crippen LogP contribution in [-0.4, -0.2) is 41.6 Å². The predicted molar refractivity (Wildman–Crippen MR) is 85.1 cm³/mol. The molecule has 114 valence electrons. The van der Waals surface area contributed by atoms with E-state index in [4.69, 9.17) is 6.42 Å². The molecule has 1 aliphatic rings. The van der Waals surface area contributed by atoms with Gasteiger partial charge in [-0.05, 0) is 19.3 Å². The van der Waals surface area contributed by atoms with E-state index >= 15 is 0 Å². The molecule has 1 saturated heterocycles. The van der Waals surface area contributed by atoms with Crippen molar-refractivity contribution in [2.75, 3.05) is 19.6 Å². The molecular formula is C15H22N4OS. The van der Waals surface area contributed by atoms with Crippen LogP contribution in [0.5, 0.6) is 0 Å². The van der Waals surface area contributed by atoms with Gasteiger partial charge in [-0.25, -0.2) is 9.78 Å². The van der Waals surface area contributed by atoms with E-state index in [0.717, 1.165) is 31.1 Å². The molecule has 2 atom stereocenters. The number of urea groups is 1. The molecule has 0 aliphatic carbocycles. The summed E-state index contributed by atoms with van der Waals surface area (Å²) in [6.45, 7) is 7.39. The highest BCUT2D eigenvalue weighted by atomic mass is 32.1. The smallest absolute Gasteiger partial charge is 0.315 e. The second kappa shape index (κ2) is 7.43. The highest BCUT2D eigenvalue weighted by Gasteiger charge is 2.27. The lowest BCUT2D eigenvalue weighted by Crippen LogP contribution is -2.52. The normalized spacial score (nSPS) is 22.5. The van der Waals surface area contributed by atoms with Crippen molar-refractivity contribution >= 4 is 17.4 Å². The average Bonchev–Trinajstić information content (AvgIpc) is 2.85. The maximum Gasteiger partial charge on any atom is 0.315 e. The van der Waals surface area contributed by atoms with Gasteiger partial charge in [-0.3, -0.25) is 4.90 Å². The number of nitrogens with one attached hydrogen (secondary N) is 2. The molecule has 0 spiro atoms. The third kappa shape index (κ3) is 4.73. The van der Waals surface area contributed by atoms with Gasteiger partial charge in [-0.1, -0.05) is 12.8 Å². The number of carbonyl (C=O) groups is 1. The number of nitrogens with zero attached hydrogens (tertiary/aromatic N) is 2. The fourth-order valence-corrected chi connectivity index (χ4v) is 3.48. The molecule has 0 bridgehead atoms.